The standard InChI is InChI=1S/C33H50N4O4S2/c1-6-23-20-25(23)30(38)36-43(40,41)33(18-19-33)17-12-10-8-7-9-11-16-27-28(21(2)3)34-31(42-27)24-14-13-15-26-29(24)35-32(39)37(26)22(4)5/h13-15,21-23,25,31,34H,6-12,16-20H2,1-5H3,(H,35,39)(H,36,38)/t23?,25-,31?/m0/s1. The number of hydrogen-bond donors (Lipinski definition) is 3. The first-order valence-corrected chi connectivity index (χ1v) is 18.8. The maximum absolute atomic E-state index is 12.9. The fraction of sp³-hybridized carbons (Fsp3) is 0.697. The number of para-hydroxylation sites is 1. The molecule has 1 aliphatic heterocycles. The van der Waals surface area contributed by atoms with Gasteiger partial charge in [0, 0.05) is 28.1 Å². The Balaban J connectivity index is 1.05. The van der Waals surface area contributed by atoms with Gasteiger partial charge in [0.05, 0.1) is 15.8 Å². The number of H-pyrrole nitrogens is 1. The van der Waals surface area contributed by atoms with Crippen LogP contribution < -0.4 is 15.7 Å². The molecular weight excluding hydrogens is 581 g/mol. The van der Waals surface area contributed by atoms with Gasteiger partial charge in [-0.25, -0.2) is 13.2 Å². The molecule has 8 nitrogen and oxygen atoms in total. The van der Waals surface area contributed by atoms with E-state index >= 15 is 0 Å². The second-order valence-electron chi connectivity index (χ2n) is 13.6. The van der Waals surface area contributed by atoms with Crippen LogP contribution in [0.5, 0.6) is 0 Å². The monoisotopic (exact) mass is 630 g/mol. The Bertz CT molecular complexity index is 1520. The minimum atomic E-state index is -3.58. The predicted octanol–water partition coefficient (Wildman–Crippen LogP) is 7.26. The average molecular weight is 631 g/mol. The number of sulfonamides is 1. The van der Waals surface area contributed by atoms with Crippen LogP contribution in [0.1, 0.15) is 129 Å². The molecule has 10 heteroatoms. The molecule has 1 aromatic heterocycles. The van der Waals surface area contributed by atoms with Gasteiger partial charge in [-0.2, -0.15) is 0 Å². The predicted molar refractivity (Wildman–Crippen MR) is 176 cm³/mol. The average Bonchev–Trinajstić information content (AvgIpc) is 3.85. The molecule has 1 aromatic carbocycles. The zero-order chi connectivity index (χ0) is 30.9. The van der Waals surface area contributed by atoms with Gasteiger partial charge in [-0.15, -0.1) is 0 Å². The lowest BCUT2D eigenvalue weighted by Crippen LogP contribution is -2.40. The number of allylic oxidation sites excluding steroid dienone is 2. The van der Waals surface area contributed by atoms with Crippen molar-refractivity contribution in [1.82, 2.24) is 19.6 Å². The lowest BCUT2D eigenvalue weighted by atomic mass is 10.0. The van der Waals surface area contributed by atoms with Crippen LogP contribution in [0.3, 0.4) is 0 Å². The van der Waals surface area contributed by atoms with Crippen molar-refractivity contribution in [3.8, 4) is 0 Å². The summed E-state index contributed by atoms with van der Waals surface area (Å²) in [4.78, 5) is 29.5. The van der Waals surface area contributed by atoms with Crippen LogP contribution in [0.2, 0.25) is 0 Å². The van der Waals surface area contributed by atoms with E-state index in [0.29, 0.717) is 31.1 Å². The third-order valence-electron chi connectivity index (χ3n) is 9.69. The summed E-state index contributed by atoms with van der Waals surface area (Å²) in [6, 6.07) is 6.28. The van der Waals surface area contributed by atoms with E-state index in [1.165, 1.54) is 10.6 Å². The first-order chi connectivity index (χ1) is 20.5. The summed E-state index contributed by atoms with van der Waals surface area (Å²) in [6.07, 6.45) is 11.3. The van der Waals surface area contributed by atoms with Crippen LogP contribution >= 0.6 is 11.8 Å². The van der Waals surface area contributed by atoms with E-state index in [1.54, 1.807) is 0 Å². The number of imidazole rings is 1. The number of benzene rings is 1. The summed E-state index contributed by atoms with van der Waals surface area (Å²) in [5, 5.41) is 3.86. The van der Waals surface area contributed by atoms with Crippen LogP contribution in [-0.4, -0.2) is 28.6 Å². The normalized spacial score (nSPS) is 22.9. The molecule has 3 aliphatic rings. The molecular formula is C33H50N4O4S2. The van der Waals surface area contributed by atoms with Crippen molar-refractivity contribution in [3.05, 3.63) is 44.8 Å². The molecule has 2 saturated carbocycles. The van der Waals surface area contributed by atoms with Gasteiger partial charge in [0.25, 0.3) is 0 Å². The number of nitrogens with one attached hydrogen (secondary N) is 3. The highest BCUT2D eigenvalue weighted by Crippen LogP contribution is 2.49. The highest BCUT2D eigenvalue weighted by Gasteiger charge is 2.55. The number of carbonyl (C=O) groups is 1. The molecule has 3 atom stereocenters. The lowest BCUT2D eigenvalue weighted by molar-refractivity contribution is -0.120. The number of carbonyl (C=O) groups excluding carboxylic acids is 1. The molecule has 43 heavy (non-hydrogen) atoms. The van der Waals surface area contributed by atoms with Crippen LogP contribution in [0.4, 0.5) is 0 Å². The number of aromatic amines is 1. The van der Waals surface area contributed by atoms with Crippen molar-refractivity contribution >= 4 is 38.7 Å². The van der Waals surface area contributed by atoms with Crippen LogP contribution in [0.15, 0.2) is 33.6 Å². The Labute approximate surface area is 261 Å². The highest BCUT2D eigenvalue weighted by molar-refractivity contribution is 8.03. The van der Waals surface area contributed by atoms with Gasteiger partial charge in [-0.05, 0) is 70.3 Å². The van der Waals surface area contributed by atoms with Gasteiger partial charge in [0.2, 0.25) is 15.9 Å². The van der Waals surface area contributed by atoms with Gasteiger partial charge in [-0.3, -0.25) is 14.1 Å². The molecule has 2 heterocycles. The molecule has 2 unspecified atom stereocenters. The lowest BCUT2D eigenvalue weighted by Gasteiger charge is -2.17. The maximum atomic E-state index is 12.9. The van der Waals surface area contributed by atoms with E-state index < -0.39 is 14.8 Å². The third kappa shape index (κ3) is 6.90. The summed E-state index contributed by atoms with van der Waals surface area (Å²) >= 11 is 1.88. The van der Waals surface area contributed by atoms with E-state index in [1.807, 2.05) is 42.3 Å². The van der Waals surface area contributed by atoms with Crippen molar-refractivity contribution in [3.63, 3.8) is 0 Å². The van der Waals surface area contributed by atoms with Gasteiger partial charge >= 0.3 is 5.69 Å². The number of amides is 1. The van der Waals surface area contributed by atoms with E-state index in [0.717, 1.165) is 74.4 Å². The van der Waals surface area contributed by atoms with E-state index in [2.05, 4.69) is 41.9 Å². The van der Waals surface area contributed by atoms with E-state index in [-0.39, 0.29) is 28.9 Å². The molecule has 2 fully saturated rings. The Morgan fingerprint density at radius 1 is 1.09 bits per heavy atom. The first-order valence-electron chi connectivity index (χ1n) is 16.4. The molecule has 2 aromatic rings. The topological polar surface area (TPSA) is 113 Å². The van der Waals surface area contributed by atoms with Crippen LogP contribution in [0.25, 0.3) is 11.0 Å². The Hall–Kier alpha value is -2.20. The molecule has 1 amide bonds. The third-order valence-corrected chi connectivity index (χ3v) is 13.2. The summed E-state index contributed by atoms with van der Waals surface area (Å²) in [6.45, 7) is 10.6. The maximum Gasteiger partial charge on any atom is 0.326 e. The molecule has 0 radical (unpaired) electrons. The van der Waals surface area contributed by atoms with Crippen molar-refractivity contribution in [1.29, 1.82) is 0 Å². The largest absolute Gasteiger partial charge is 0.372 e. The summed E-state index contributed by atoms with van der Waals surface area (Å²) in [5.41, 5.74) is 4.26. The summed E-state index contributed by atoms with van der Waals surface area (Å²) < 4.78 is 29.4. The van der Waals surface area contributed by atoms with Crippen molar-refractivity contribution in [2.45, 2.75) is 128 Å². The Morgan fingerprint density at radius 2 is 1.79 bits per heavy atom. The minimum absolute atomic E-state index is 0.0583. The Morgan fingerprint density at radius 3 is 2.42 bits per heavy atom. The van der Waals surface area contributed by atoms with Crippen LogP contribution in [0, 0.1) is 17.8 Å². The number of nitrogens with zero attached hydrogens (tertiary/aromatic N) is 1. The van der Waals surface area contributed by atoms with Crippen molar-refractivity contribution < 1.29 is 13.2 Å². The second-order valence-corrected chi connectivity index (χ2v) is 16.8. The summed E-state index contributed by atoms with van der Waals surface area (Å²) in [7, 11) is -3.58. The van der Waals surface area contributed by atoms with Gasteiger partial charge in [0.15, 0.2) is 0 Å². The van der Waals surface area contributed by atoms with Gasteiger partial charge in [0.1, 0.15) is 5.37 Å². The highest BCUT2D eigenvalue weighted by atomic mass is 32.2. The second kappa shape index (κ2) is 13.0. The number of fused-ring (bicyclic) bond motifs is 1. The molecule has 238 valence electrons. The SMILES string of the molecule is CCC1C[C@@H]1C(=O)NS(=O)(=O)C1(CCCCCCCCC2=C(C(C)C)NC(c3cccc4c3[nH]c(=O)n4C(C)C)S2)CC1. The number of hydrogen-bond acceptors (Lipinski definition) is 6. The fourth-order valence-corrected chi connectivity index (χ4v) is 9.91. The van der Waals surface area contributed by atoms with Crippen molar-refractivity contribution in [2.24, 2.45) is 17.8 Å². The number of rotatable bonds is 16. The molecule has 0 saturated heterocycles. The van der Waals surface area contributed by atoms with Crippen molar-refractivity contribution in [2.75, 3.05) is 0 Å². The van der Waals surface area contributed by atoms with Gasteiger partial charge < -0.3 is 10.3 Å². The minimum Gasteiger partial charge on any atom is -0.372 e. The summed E-state index contributed by atoms with van der Waals surface area (Å²) in [5.74, 6) is 0.366. The van der Waals surface area contributed by atoms with E-state index in [4.69, 9.17) is 0 Å². The molecule has 5 rings (SSSR count). The van der Waals surface area contributed by atoms with Crippen LogP contribution in [-0.2, 0) is 14.8 Å². The zero-order valence-electron chi connectivity index (χ0n) is 26.5. The number of aromatic nitrogens is 2. The Kier molecular flexibility index (Phi) is 9.76. The first kappa shape index (κ1) is 32.2. The quantitative estimate of drug-likeness (QED) is 0.168. The molecule has 3 N–H and O–H groups in total. The number of unbranched alkanes of at least 4 members (excludes halogenated alkanes) is 5. The zero-order valence-corrected chi connectivity index (χ0v) is 28.1. The fourth-order valence-electron chi connectivity index (χ4n) is 6.75. The molecule has 0 spiro atoms. The number of thioether (sulfide) groups is 1. The van der Waals surface area contributed by atoms with Gasteiger partial charge in [-0.1, -0.05) is 83.2 Å². The molecule has 2 aliphatic carbocycles. The van der Waals surface area contributed by atoms with E-state index in [9.17, 15) is 18.0 Å². The molecule has 0 bridgehead atoms. The smallest absolute Gasteiger partial charge is 0.326 e.